The Morgan fingerprint density at radius 3 is 2.23 bits per heavy atom. The summed E-state index contributed by atoms with van der Waals surface area (Å²) in [6.45, 7) is 0. The van der Waals surface area contributed by atoms with Crippen LogP contribution in [0.15, 0.2) is 0 Å². The van der Waals surface area contributed by atoms with Crippen molar-refractivity contribution in [3.05, 3.63) is 5.82 Å². The Morgan fingerprint density at radius 1 is 0.955 bits per heavy atom. The molecule has 1 aromatic heterocycles. The van der Waals surface area contributed by atoms with Gasteiger partial charge in [-0.15, -0.1) is 0 Å². The van der Waals surface area contributed by atoms with E-state index < -0.39 is 23.8 Å². The standard InChI is InChI=1S/C13H17F4N5/c14-12(15)5-1-3-7(12)9-20-10(18)22-11(21-9)19-8-4-2-6-13(8,16)17/h7-8H,1-6H2,(H3,18,19,20,21,22). The zero-order valence-corrected chi connectivity index (χ0v) is 11.8. The Kier molecular flexibility index (Phi) is 3.60. The molecule has 0 aromatic carbocycles. The highest BCUT2D eigenvalue weighted by atomic mass is 19.3. The highest BCUT2D eigenvalue weighted by Crippen LogP contribution is 2.45. The van der Waals surface area contributed by atoms with Gasteiger partial charge in [-0.1, -0.05) is 0 Å². The van der Waals surface area contributed by atoms with Crippen molar-refractivity contribution in [2.45, 2.75) is 62.3 Å². The topological polar surface area (TPSA) is 76.7 Å². The molecule has 0 radical (unpaired) electrons. The van der Waals surface area contributed by atoms with Crippen molar-refractivity contribution in [3.63, 3.8) is 0 Å². The van der Waals surface area contributed by atoms with Gasteiger partial charge in [-0.3, -0.25) is 0 Å². The molecule has 5 nitrogen and oxygen atoms in total. The second-order valence-corrected chi connectivity index (χ2v) is 5.93. The lowest BCUT2D eigenvalue weighted by Crippen LogP contribution is -2.35. The molecule has 3 N–H and O–H groups in total. The second-order valence-electron chi connectivity index (χ2n) is 5.93. The molecule has 0 aliphatic heterocycles. The molecule has 2 aliphatic carbocycles. The number of nitrogens with one attached hydrogen (secondary N) is 1. The van der Waals surface area contributed by atoms with Gasteiger partial charge in [0.25, 0.3) is 11.8 Å². The van der Waals surface area contributed by atoms with Crippen LogP contribution in [0.25, 0.3) is 0 Å². The predicted octanol–water partition coefficient (Wildman–Crippen LogP) is 2.96. The first-order valence-corrected chi connectivity index (χ1v) is 7.31. The Labute approximate surface area is 124 Å². The highest BCUT2D eigenvalue weighted by Gasteiger charge is 2.47. The second kappa shape index (κ2) is 5.20. The fraction of sp³-hybridized carbons (Fsp3) is 0.769. The monoisotopic (exact) mass is 319 g/mol. The van der Waals surface area contributed by atoms with E-state index in [0.29, 0.717) is 12.8 Å². The zero-order valence-electron chi connectivity index (χ0n) is 11.8. The van der Waals surface area contributed by atoms with Gasteiger partial charge in [0.1, 0.15) is 5.82 Å². The minimum Gasteiger partial charge on any atom is -0.368 e. The fourth-order valence-electron chi connectivity index (χ4n) is 3.14. The molecule has 2 aliphatic rings. The molecule has 1 aromatic rings. The van der Waals surface area contributed by atoms with Gasteiger partial charge in [0.15, 0.2) is 0 Å². The first kappa shape index (κ1) is 15.2. The summed E-state index contributed by atoms with van der Waals surface area (Å²) < 4.78 is 54.9. The van der Waals surface area contributed by atoms with E-state index >= 15 is 0 Å². The van der Waals surface area contributed by atoms with Gasteiger partial charge in [-0.25, -0.2) is 17.6 Å². The molecule has 2 unspecified atom stereocenters. The maximum Gasteiger partial charge on any atom is 0.267 e. The summed E-state index contributed by atoms with van der Waals surface area (Å²) in [4.78, 5) is 11.4. The molecule has 0 spiro atoms. The summed E-state index contributed by atoms with van der Waals surface area (Å²) in [5.74, 6) is -7.42. The largest absolute Gasteiger partial charge is 0.368 e. The summed E-state index contributed by atoms with van der Waals surface area (Å²) in [7, 11) is 0. The number of hydrogen-bond acceptors (Lipinski definition) is 5. The molecule has 22 heavy (non-hydrogen) atoms. The molecule has 1 heterocycles. The van der Waals surface area contributed by atoms with Crippen LogP contribution in [0.3, 0.4) is 0 Å². The summed E-state index contributed by atoms with van der Waals surface area (Å²) >= 11 is 0. The minimum atomic E-state index is -2.90. The smallest absolute Gasteiger partial charge is 0.267 e. The number of aromatic nitrogens is 3. The molecule has 2 atom stereocenters. The SMILES string of the molecule is Nc1nc(NC2CCCC2(F)F)nc(C2CCCC2(F)F)n1. The van der Waals surface area contributed by atoms with Crippen LogP contribution in [0.5, 0.6) is 0 Å². The lowest BCUT2D eigenvalue weighted by atomic mass is 10.0. The van der Waals surface area contributed by atoms with Crippen LogP contribution in [0.2, 0.25) is 0 Å². The molecule has 0 saturated heterocycles. The van der Waals surface area contributed by atoms with E-state index in [1.807, 2.05) is 0 Å². The summed E-state index contributed by atoms with van der Waals surface area (Å²) in [6.07, 6.45) is 0.833. The number of nitrogens with zero attached hydrogens (tertiary/aromatic N) is 3. The number of nitrogens with two attached hydrogens (primary N) is 1. The van der Waals surface area contributed by atoms with E-state index in [4.69, 9.17) is 5.73 Å². The van der Waals surface area contributed by atoms with E-state index in [9.17, 15) is 17.6 Å². The lowest BCUT2D eigenvalue weighted by molar-refractivity contribution is -0.0114. The number of alkyl halides is 4. The zero-order chi connectivity index (χ0) is 16.0. The van der Waals surface area contributed by atoms with E-state index in [-0.39, 0.29) is 43.4 Å². The van der Waals surface area contributed by atoms with Crippen molar-refractivity contribution in [2.75, 3.05) is 11.1 Å². The molecular weight excluding hydrogens is 302 g/mol. The number of halogens is 4. The van der Waals surface area contributed by atoms with Gasteiger partial charge in [-0.05, 0) is 25.7 Å². The van der Waals surface area contributed by atoms with Crippen LogP contribution in [0.1, 0.15) is 50.3 Å². The Morgan fingerprint density at radius 2 is 1.64 bits per heavy atom. The van der Waals surface area contributed by atoms with Crippen LogP contribution in [0.4, 0.5) is 29.5 Å². The van der Waals surface area contributed by atoms with Crippen LogP contribution in [-0.4, -0.2) is 32.8 Å². The molecule has 122 valence electrons. The average Bonchev–Trinajstić information content (AvgIpc) is 2.91. The predicted molar refractivity (Wildman–Crippen MR) is 72.0 cm³/mol. The van der Waals surface area contributed by atoms with Crippen molar-refractivity contribution in [3.8, 4) is 0 Å². The number of anilines is 2. The van der Waals surface area contributed by atoms with Crippen LogP contribution in [0, 0.1) is 0 Å². The van der Waals surface area contributed by atoms with Crippen molar-refractivity contribution in [1.82, 2.24) is 15.0 Å². The van der Waals surface area contributed by atoms with E-state index in [0.717, 1.165) is 0 Å². The van der Waals surface area contributed by atoms with Gasteiger partial charge in [0, 0.05) is 12.8 Å². The molecule has 0 bridgehead atoms. The molecular formula is C13H17F4N5. The van der Waals surface area contributed by atoms with E-state index in [1.54, 1.807) is 0 Å². The van der Waals surface area contributed by atoms with Gasteiger partial charge in [0.2, 0.25) is 11.9 Å². The quantitative estimate of drug-likeness (QED) is 0.838. The van der Waals surface area contributed by atoms with Crippen molar-refractivity contribution >= 4 is 11.9 Å². The van der Waals surface area contributed by atoms with Gasteiger partial charge < -0.3 is 11.1 Å². The summed E-state index contributed by atoms with van der Waals surface area (Å²) in [5, 5.41) is 2.53. The van der Waals surface area contributed by atoms with Gasteiger partial charge in [-0.2, -0.15) is 15.0 Å². The van der Waals surface area contributed by atoms with Crippen molar-refractivity contribution in [1.29, 1.82) is 0 Å². The molecule has 0 amide bonds. The van der Waals surface area contributed by atoms with Crippen molar-refractivity contribution in [2.24, 2.45) is 0 Å². The number of nitrogen functional groups attached to an aromatic ring is 1. The number of rotatable bonds is 3. The molecule has 2 saturated carbocycles. The average molecular weight is 319 g/mol. The third-order valence-corrected chi connectivity index (χ3v) is 4.31. The van der Waals surface area contributed by atoms with Gasteiger partial charge in [0.05, 0.1) is 12.0 Å². The highest BCUT2D eigenvalue weighted by molar-refractivity contribution is 5.34. The normalized spacial score (nSPS) is 29.6. The molecule has 9 heteroatoms. The third-order valence-electron chi connectivity index (χ3n) is 4.31. The summed E-state index contributed by atoms with van der Waals surface area (Å²) in [6, 6.07) is -1.11. The van der Waals surface area contributed by atoms with Crippen LogP contribution >= 0.6 is 0 Å². The van der Waals surface area contributed by atoms with Crippen LogP contribution in [-0.2, 0) is 0 Å². The summed E-state index contributed by atoms with van der Waals surface area (Å²) in [5.41, 5.74) is 5.52. The van der Waals surface area contributed by atoms with Crippen molar-refractivity contribution < 1.29 is 17.6 Å². The first-order valence-electron chi connectivity index (χ1n) is 7.31. The Bertz CT molecular complexity index is 565. The maximum atomic E-state index is 13.8. The van der Waals surface area contributed by atoms with E-state index in [2.05, 4.69) is 20.3 Å². The molecule has 3 rings (SSSR count). The van der Waals surface area contributed by atoms with Gasteiger partial charge >= 0.3 is 0 Å². The Balaban J connectivity index is 1.84. The fourth-order valence-corrected chi connectivity index (χ4v) is 3.14. The number of hydrogen-bond donors (Lipinski definition) is 2. The lowest BCUT2D eigenvalue weighted by Gasteiger charge is -2.22. The van der Waals surface area contributed by atoms with E-state index in [1.165, 1.54) is 0 Å². The first-order chi connectivity index (χ1) is 10.3. The maximum absolute atomic E-state index is 13.8. The Hall–Kier alpha value is -1.67. The van der Waals surface area contributed by atoms with Crippen LogP contribution < -0.4 is 11.1 Å². The molecule has 2 fully saturated rings. The minimum absolute atomic E-state index is 0.126. The third kappa shape index (κ3) is 2.80.